The summed E-state index contributed by atoms with van der Waals surface area (Å²) in [6, 6.07) is 0. The first-order chi connectivity index (χ1) is 0. The van der Waals surface area contributed by atoms with E-state index < -0.39 is 0 Å². The van der Waals surface area contributed by atoms with E-state index in [9.17, 15) is 0 Å². The van der Waals surface area contributed by atoms with Crippen LogP contribution in [0.1, 0.15) is 0 Å². The van der Waals surface area contributed by atoms with Crippen LogP contribution in [-0.2, 0) is 0 Å². The number of hydrogen-bond acceptors (Lipinski definition) is 1. The van der Waals surface area contributed by atoms with Crippen molar-refractivity contribution in [3.63, 3.8) is 0 Å². The molecule has 0 saturated carbocycles. The minimum Gasteiger partial charge on any atom is -0.870 e. The van der Waals surface area contributed by atoms with E-state index in [4.69, 9.17) is 0 Å². The molecule has 0 heterocycles. The van der Waals surface area contributed by atoms with Gasteiger partial charge in [0.15, 0.2) is 0 Å². The van der Waals surface area contributed by atoms with Gasteiger partial charge in [-0.1, -0.05) is 0 Å². The first kappa shape index (κ1) is 8260. The van der Waals surface area contributed by atoms with Crippen LogP contribution in [0.5, 0.6) is 0 Å². The molecule has 0 spiro atoms. The zero-order valence-electron chi connectivity index (χ0n) is 4.95. The Balaban J connectivity index is 0. The van der Waals surface area contributed by atoms with Gasteiger partial charge in [-0.3, -0.25) is 0 Å². The van der Waals surface area contributed by atoms with Crippen molar-refractivity contribution < 1.29 is 62.7 Å². The molecule has 0 aliphatic rings. The molecule has 9 heavy (non-hydrogen) atoms. The van der Waals surface area contributed by atoms with Gasteiger partial charge < -0.3 is 43.8 Å². The standard InChI is InChI=1S/Li.8H2O/h;8*1H2/q+1;;;;;;;;/p-1. The number of hydrogen-bond donors (Lipinski definition) is 0. The van der Waals surface area contributed by atoms with Gasteiger partial charge in [-0.25, -0.2) is 0 Å². The Morgan fingerprint density at radius 2 is 0.333 bits per heavy atom. The fourth-order valence-electron chi connectivity index (χ4n) is 0. The molecule has 0 aliphatic carbocycles. The predicted octanol–water partition coefficient (Wildman–Crippen LogP) is -8.95. The van der Waals surface area contributed by atoms with Crippen molar-refractivity contribution in [2.45, 2.75) is 0 Å². The molecule has 0 aliphatic heterocycles. The molecular weight excluding hydrogens is 135 g/mol. The monoisotopic (exact) mass is 150 g/mol. The van der Waals surface area contributed by atoms with Gasteiger partial charge in [-0.2, -0.15) is 0 Å². The van der Waals surface area contributed by atoms with Crippen molar-refractivity contribution in [3.8, 4) is 0 Å². The zero-order valence-corrected chi connectivity index (χ0v) is 4.95. The van der Waals surface area contributed by atoms with Crippen LogP contribution in [0.4, 0.5) is 0 Å². The molecule has 0 aromatic heterocycles. The summed E-state index contributed by atoms with van der Waals surface area (Å²) in [6.45, 7) is 0. The molecular formula is H15LiO8. The van der Waals surface area contributed by atoms with E-state index in [-0.39, 0.29) is 62.7 Å². The molecule has 0 rings (SSSR count). The molecule has 0 aromatic rings. The fraction of sp³-hybridized carbons (Fsp3) is 0. The number of rotatable bonds is 0. The molecule has 8 nitrogen and oxygen atoms in total. The van der Waals surface area contributed by atoms with Crippen LogP contribution in [0.3, 0.4) is 0 Å². The second-order valence-corrected chi connectivity index (χ2v) is 0. The summed E-state index contributed by atoms with van der Waals surface area (Å²) in [4.78, 5) is 0. The van der Waals surface area contributed by atoms with E-state index in [0.29, 0.717) is 0 Å². The van der Waals surface area contributed by atoms with E-state index in [1.54, 1.807) is 0 Å². The van der Waals surface area contributed by atoms with Crippen LogP contribution in [0.2, 0.25) is 0 Å². The minimum atomic E-state index is 0. The maximum absolute atomic E-state index is 0. The Kier molecular flexibility index (Phi) is 5230000. The van der Waals surface area contributed by atoms with Crippen LogP contribution >= 0.6 is 0 Å². The summed E-state index contributed by atoms with van der Waals surface area (Å²) in [5, 5.41) is 0. The Hall–Kier alpha value is 0.277. The average Bonchev–Trinajstić information content (AvgIpc) is 0. The maximum atomic E-state index is 0. The van der Waals surface area contributed by atoms with Crippen LogP contribution in [-0.4, -0.2) is 43.8 Å². The second kappa shape index (κ2) is 5700. The van der Waals surface area contributed by atoms with E-state index >= 15 is 0 Å². The molecule has 0 unspecified atom stereocenters. The van der Waals surface area contributed by atoms with Gasteiger partial charge in [0.1, 0.15) is 0 Å². The van der Waals surface area contributed by atoms with Crippen molar-refractivity contribution in [2.75, 3.05) is 0 Å². The molecule has 0 saturated heterocycles. The molecule has 0 amide bonds. The zero-order chi connectivity index (χ0) is 0. The van der Waals surface area contributed by atoms with Crippen LogP contribution in [0, 0.1) is 0 Å². The van der Waals surface area contributed by atoms with Crippen molar-refractivity contribution in [1.29, 1.82) is 0 Å². The van der Waals surface area contributed by atoms with Crippen molar-refractivity contribution in [1.82, 2.24) is 0 Å². The van der Waals surface area contributed by atoms with Gasteiger partial charge in [0.05, 0.1) is 0 Å². The van der Waals surface area contributed by atoms with Crippen LogP contribution in [0.15, 0.2) is 0 Å². The first-order valence-corrected chi connectivity index (χ1v) is 0. The Morgan fingerprint density at radius 1 is 0.333 bits per heavy atom. The van der Waals surface area contributed by atoms with Crippen LogP contribution < -0.4 is 18.9 Å². The first-order valence-electron chi connectivity index (χ1n) is 0. The molecule has 0 fully saturated rings. The molecule has 0 atom stereocenters. The molecule has 0 aromatic carbocycles. The van der Waals surface area contributed by atoms with E-state index in [1.165, 1.54) is 0 Å². The quantitative estimate of drug-likeness (QED) is 0.299. The van der Waals surface area contributed by atoms with Crippen LogP contribution in [0.25, 0.3) is 0 Å². The van der Waals surface area contributed by atoms with E-state index in [1.807, 2.05) is 0 Å². The van der Waals surface area contributed by atoms with Gasteiger partial charge in [0.25, 0.3) is 0 Å². The minimum absolute atomic E-state index is 0. The normalized spacial score (nSPS) is 0. The Labute approximate surface area is 63.5 Å². The van der Waals surface area contributed by atoms with Gasteiger partial charge in [-0.15, -0.1) is 0 Å². The van der Waals surface area contributed by atoms with Gasteiger partial charge in [0, 0.05) is 0 Å². The third-order valence-electron chi connectivity index (χ3n) is 0. The smallest absolute Gasteiger partial charge is 0.870 e. The summed E-state index contributed by atoms with van der Waals surface area (Å²) in [6.07, 6.45) is 0. The summed E-state index contributed by atoms with van der Waals surface area (Å²) in [5.41, 5.74) is 0. The van der Waals surface area contributed by atoms with Gasteiger partial charge in [-0.05, 0) is 0 Å². The summed E-state index contributed by atoms with van der Waals surface area (Å²) < 4.78 is 0. The molecule has 0 bridgehead atoms. The largest absolute Gasteiger partial charge is 1.00 e. The molecule has 9 heteroatoms. The van der Waals surface area contributed by atoms with Crippen molar-refractivity contribution in [3.05, 3.63) is 0 Å². The summed E-state index contributed by atoms with van der Waals surface area (Å²) in [5.74, 6) is 0. The molecule has 0 radical (unpaired) electrons. The van der Waals surface area contributed by atoms with Crippen molar-refractivity contribution >= 4 is 0 Å². The molecule has 15 N–H and O–H groups in total. The molecule has 64 valence electrons. The second-order valence-electron chi connectivity index (χ2n) is 0. The van der Waals surface area contributed by atoms with Gasteiger partial charge in [0.2, 0.25) is 0 Å². The van der Waals surface area contributed by atoms with Gasteiger partial charge >= 0.3 is 18.9 Å². The van der Waals surface area contributed by atoms with E-state index in [0.717, 1.165) is 0 Å². The summed E-state index contributed by atoms with van der Waals surface area (Å²) in [7, 11) is 0. The maximum Gasteiger partial charge on any atom is 1.00 e. The average molecular weight is 150 g/mol. The third-order valence-corrected chi connectivity index (χ3v) is 0. The van der Waals surface area contributed by atoms with E-state index in [2.05, 4.69) is 0 Å². The summed E-state index contributed by atoms with van der Waals surface area (Å²) >= 11 is 0. The third kappa shape index (κ3) is 4240. The predicted molar refractivity (Wildman–Crippen MR) is 27.2 cm³/mol. The van der Waals surface area contributed by atoms with Crippen molar-refractivity contribution in [2.24, 2.45) is 0 Å². The Bertz CT molecular complexity index is 4.53. The fourth-order valence-corrected chi connectivity index (χ4v) is 0. The SMILES string of the molecule is O.O.O.O.O.O.O.[Li+].[OH-]. The topological polar surface area (TPSA) is 250 Å². The Morgan fingerprint density at radius 3 is 0.333 bits per heavy atom.